The number of benzene rings is 1. The van der Waals surface area contributed by atoms with Crippen LogP contribution in [0.5, 0.6) is 11.5 Å². The topological polar surface area (TPSA) is 18.5 Å². The van der Waals surface area contributed by atoms with E-state index in [1.807, 2.05) is 6.07 Å². The normalized spacial score (nSPS) is 10.6. The fraction of sp³-hybridized carbons (Fsp3) is 0.571. The Balaban J connectivity index is 2.64. The van der Waals surface area contributed by atoms with Gasteiger partial charge in [0.2, 0.25) is 0 Å². The lowest BCUT2D eigenvalue weighted by Crippen LogP contribution is -1.94. The quantitative estimate of drug-likeness (QED) is 0.731. The van der Waals surface area contributed by atoms with Gasteiger partial charge in [-0.3, -0.25) is 0 Å². The Morgan fingerprint density at radius 2 is 1.56 bits per heavy atom. The first-order valence-electron chi connectivity index (χ1n) is 5.87. The van der Waals surface area contributed by atoms with Gasteiger partial charge in [0, 0.05) is 6.07 Å². The van der Waals surface area contributed by atoms with Gasteiger partial charge >= 0.3 is 0 Å². The Morgan fingerprint density at radius 3 is 2.00 bits per heavy atom. The molecule has 0 saturated heterocycles. The van der Waals surface area contributed by atoms with Gasteiger partial charge in [-0.15, -0.1) is 0 Å². The molecule has 0 spiro atoms. The maximum atomic E-state index is 5.24. The zero-order valence-electron chi connectivity index (χ0n) is 10.7. The molecule has 0 bridgehead atoms. The Bertz CT molecular complexity index is 296. The van der Waals surface area contributed by atoms with Gasteiger partial charge in [0.25, 0.3) is 0 Å². The minimum Gasteiger partial charge on any atom is -0.497 e. The highest BCUT2D eigenvalue weighted by molar-refractivity contribution is 5.38. The van der Waals surface area contributed by atoms with E-state index in [0.717, 1.165) is 23.8 Å². The second-order valence-electron chi connectivity index (χ2n) is 4.51. The van der Waals surface area contributed by atoms with Crippen molar-refractivity contribution in [3.63, 3.8) is 0 Å². The van der Waals surface area contributed by atoms with Crippen LogP contribution in [0.1, 0.15) is 32.3 Å². The van der Waals surface area contributed by atoms with Crippen LogP contribution in [0.15, 0.2) is 18.2 Å². The van der Waals surface area contributed by atoms with Crippen LogP contribution < -0.4 is 9.47 Å². The molecule has 0 fully saturated rings. The van der Waals surface area contributed by atoms with E-state index in [9.17, 15) is 0 Å². The summed E-state index contributed by atoms with van der Waals surface area (Å²) in [5.41, 5.74) is 1.29. The highest BCUT2D eigenvalue weighted by atomic mass is 16.5. The number of methoxy groups -OCH3 is 2. The number of rotatable bonds is 6. The third-order valence-corrected chi connectivity index (χ3v) is 2.66. The zero-order valence-corrected chi connectivity index (χ0v) is 10.7. The number of hydrogen-bond acceptors (Lipinski definition) is 2. The number of hydrogen-bond donors (Lipinski definition) is 0. The molecule has 0 atom stereocenters. The van der Waals surface area contributed by atoms with Gasteiger partial charge in [-0.1, -0.05) is 20.3 Å². The van der Waals surface area contributed by atoms with E-state index in [1.54, 1.807) is 14.2 Å². The summed E-state index contributed by atoms with van der Waals surface area (Å²) < 4.78 is 10.5. The van der Waals surface area contributed by atoms with Gasteiger partial charge in [0.05, 0.1) is 14.2 Å². The summed E-state index contributed by atoms with van der Waals surface area (Å²) in [6, 6.07) is 6.08. The van der Waals surface area contributed by atoms with Crippen LogP contribution in [-0.2, 0) is 6.42 Å². The van der Waals surface area contributed by atoms with Gasteiger partial charge in [0.1, 0.15) is 11.5 Å². The van der Waals surface area contributed by atoms with Crippen LogP contribution in [0.25, 0.3) is 0 Å². The van der Waals surface area contributed by atoms with E-state index in [-0.39, 0.29) is 0 Å². The fourth-order valence-electron chi connectivity index (χ4n) is 1.73. The molecule has 0 heterocycles. The van der Waals surface area contributed by atoms with Crippen molar-refractivity contribution in [1.29, 1.82) is 0 Å². The first-order valence-corrected chi connectivity index (χ1v) is 5.87. The summed E-state index contributed by atoms with van der Waals surface area (Å²) in [7, 11) is 3.37. The van der Waals surface area contributed by atoms with Gasteiger partial charge in [-0.2, -0.15) is 0 Å². The standard InChI is InChI=1S/C14H22O2/c1-11(2)6-5-7-12-8-13(15-3)10-14(9-12)16-4/h8-11H,5-7H2,1-4H3. The summed E-state index contributed by atoms with van der Waals surface area (Å²) in [4.78, 5) is 0. The van der Waals surface area contributed by atoms with Crippen LogP contribution in [-0.4, -0.2) is 14.2 Å². The second-order valence-corrected chi connectivity index (χ2v) is 4.51. The Labute approximate surface area is 98.6 Å². The lowest BCUT2D eigenvalue weighted by molar-refractivity contribution is 0.393. The lowest BCUT2D eigenvalue weighted by Gasteiger charge is -2.09. The van der Waals surface area contributed by atoms with Crippen LogP contribution in [0.3, 0.4) is 0 Å². The predicted octanol–water partition coefficient (Wildman–Crippen LogP) is 3.68. The molecule has 16 heavy (non-hydrogen) atoms. The largest absolute Gasteiger partial charge is 0.497 e. The SMILES string of the molecule is COc1cc(CCCC(C)C)cc(OC)c1. The average Bonchev–Trinajstić information content (AvgIpc) is 2.28. The van der Waals surface area contributed by atoms with Gasteiger partial charge in [-0.25, -0.2) is 0 Å². The minimum atomic E-state index is 0.771. The van der Waals surface area contributed by atoms with Crippen LogP contribution in [0, 0.1) is 5.92 Å². The molecule has 1 rings (SSSR count). The summed E-state index contributed by atoms with van der Waals surface area (Å²) in [6.45, 7) is 4.51. The van der Waals surface area contributed by atoms with Crippen LogP contribution in [0.2, 0.25) is 0 Å². The third-order valence-electron chi connectivity index (χ3n) is 2.66. The highest BCUT2D eigenvalue weighted by Crippen LogP contribution is 2.23. The lowest BCUT2D eigenvalue weighted by atomic mass is 10.0. The Morgan fingerprint density at radius 1 is 1.00 bits per heavy atom. The maximum Gasteiger partial charge on any atom is 0.122 e. The molecule has 90 valence electrons. The maximum absolute atomic E-state index is 5.24. The molecule has 1 aromatic rings. The van der Waals surface area contributed by atoms with E-state index in [4.69, 9.17) is 9.47 Å². The number of aryl methyl sites for hydroxylation is 1. The van der Waals surface area contributed by atoms with Crippen LogP contribution in [0.4, 0.5) is 0 Å². The first-order chi connectivity index (χ1) is 7.65. The number of ether oxygens (including phenoxy) is 2. The molecular weight excluding hydrogens is 200 g/mol. The molecule has 0 aliphatic carbocycles. The zero-order chi connectivity index (χ0) is 12.0. The molecule has 0 radical (unpaired) electrons. The van der Waals surface area contributed by atoms with Crippen molar-refractivity contribution in [2.24, 2.45) is 5.92 Å². The summed E-state index contributed by atoms with van der Waals surface area (Å²) >= 11 is 0. The van der Waals surface area contributed by atoms with Crippen molar-refractivity contribution in [3.05, 3.63) is 23.8 Å². The summed E-state index contributed by atoms with van der Waals surface area (Å²) in [5, 5.41) is 0. The molecule has 0 amide bonds. The summed E-state index contributed by atoms with van der Waals surface area (Å²) in [5.74, 6) is 2.52. The van der Waals surface area contributed by atoms with Crippen LogP contribution >= 0.6 is 0 Å². The summed E-state index contributed by atoms with van der Waals surface area (Å²) in [6.07, 6.45) is 3.57. The highest BCUT2D eigenvalue weighted by Gasteiger charge is 2.02. The average molecular weight is 222 g/mol. The van der Waals surface area contributed by atoms with E-state index in [0.29, 0.717) is 0 Å². The van der Waals surface area contributed by atoms with Crippen molar-refractivity contribution < 1.29 is 9.47 Å². The second kappa shape index (κ2) is 6.41. The van der Waals surface area contributed by atoms with Crippen molar-refractivity contribution in [2.45, 2.75) is 33.1 Å². The van der Waals surface area contributed by atoms with Gasteiger partial charge in [-0.05, 0) is 36.5 Å². The smallest absolute Gasteiger partial charge is 0.122 e. The van der Waals surface area contributed by atoms with Gasteiger partial charge in [0.15, 0.2) is 0 Å². The minimum absolute atomic E-state index is 0.771. The predicted molar refractivity (Wildman–Crippen MR) is 67.3 cm³/mol. The molecule has 0 unspecified atom stereocenters. The molecule has 0 aliphatic heterocycles. The Kier molecular flexibility index (Phi) is 5.17. The van der Waals surface area contributed by atoms with E-state index >= 15 is 0 Å². The molecule has 2 nitrogen and oxygen atoms in total. The van der Waals surface area contributed by atoms with Crippen molar-refractivity contribution in [2.75, 3.05) is 14.2 Å². The van der Waals surface area contributed by atoms with Crippen molar-refractivity contribution in [3.8, 4) is 11.5 Å². The van der Waals surface area contributed by atoms with Gasteiger partial charge < -0.3 is 9.47 Å². The van der Waals surface area contributed by atoms with Crippen molar-refractivity contribution in [1.82, 2.24) is 0 Å². The molecule has 0 aliphatic rings. The third kappa shape index (κ3) is 4.13. The molecular formula is C14H22O2. The molecule has 2 heteroatoms. The fourth-order valence-corrected chi connectivity index (χ4v) is 1.73. The van der Waals surface area contributed by atoms with E-state index < -0.39 is 0 Å². The monoisotopic (exact) mass is 222 g/mol. The molecule has 0 N–H and O–H groups in total. The van der Waals surface area contributed by atoms with Crippen molar-refractivity contribution >= 4 is 0 Å². The first kappa shape index (κ1) is 12.9. The molecule has 0 saturated carbocycles. The molecule has 1 aromatic carbocycles. The van der Waals surface area contributed by atoms with E-state index in [2.05, 4.69) is 26.0 Å². The Hall–Kier alpha value is -1.18. The van der Waals surface area contributed by atoms with E-state index in [1.165, 1.54) is 18.4 Å². The molecule has 0 aromatic heterocycles.